The maximum atomic E-state index is 9.24. The van der Waals surface area contributed by atoms with Crippen LogP contribution in [-0.4, -0.2) is 18.2 Å². The SMILES string of the molecule is N#Cc1cc(C#N)c(SCc2cc3c(cc2Br)OCCO3)nc1N. The van der Waals surface area contributed by atoms with Gasteiger partial charge in [-0.1, -0.05) is 15.9 Å². The van der Waals surface area contributed by atoms with E-state index in [-0.39, 0.29) is 11.4 Å². The largest absolute Gasteiger partial charge is 0.486 e. The summed E-state index contributed by atoms with van der Waals surface area (Å²) >= 11 is 4.89. The van der Waals surface area contributed by atoms with Crippen LogP contribution in [0.15, 0.2) is 27.7 Å². The Morgan fingerprint density at radius 3 is 2.46 bits per heavy atom. The highest BCUT2D eigenvalue weighted by atomic mass is 79.9. The molecule has 2 aromatic rings. The Morgan fingerprint density at radius 1 is 1.12 bits per heavy atom. The summed E-state index contributed by atoms with van der Waals surface area (Å²) < 4.78 is 12.0. The van der Waals surface area contributed by atoms with Crippen molar-refractivity contribution in [2.45, 2.75) is 10.8 Å². The summed E-state index contributed by atoms with van der Waals surface area (Å²) in [7, 11) is 0. The number of fused-ring (bicyclic) bond motifs is 1. The molecular formula is C16H11BrN4O2S. The Hall–Kier alpha value is -2.42. The number of nitrogens with two attached hydrogens (primary N) is 1. The van der Waals surface area contributed by atoms with Crippen molar-refractivity contribution in [1.82, 2.24) is 4.98 Å². The van der Waals surface area contributed by atoms with Gasteiger partial charge < -0.3 is 15.2 Å². The Kier molecular flexibility index (Phi) is 4.79. The zero-order valence-corrected chi connectivity index (χ0v) is 14.8. The second-order valence-electron chi connectivity index (χ2n) is 4.87. The highest BCUT2D eigenvalue weighted by Gasteiger charge is 2.16. The molecule has 3 rings (SSSR count). The number of hydrogen-bond acceptors (Lipinski definition) is 7. The van der Waals surface area contributed by atoms with E-state index in [9.17, 15) is 5.26 Å². The van der Waals surface area contributed by atoms with E-state index in [0.29, 0.717) is 41.1 Å². The molecule has 0 radical (unpaired) electrons. The van der Waals surface area contributed by atoms with Crippen LogP contribution in [0.1, 0.15) is 16.7 Å². The van der Waals surface area contributed by atoms with E-state index >= 15 is 0 Å². The van der Waals surface area contributed by atoms with Gasteiger partial charge in [0.2, 0.25) is 0 Å². The lowest BCUT2D eigenvalue weighted by atomic mass is 10.2. The van der Waals surface area contributed by atoms with Crippen LogP contribution in [0.5, 0.6) is 11.5 Å². The second-order valence-corrected chi connectivity index (χ2v) is 6.69. The predicted molar refractivity (Wildman–Crippen MR) is 92.8 cm³/mol. The molecular weight excluding hydrogens is 392 g/mol. The van der Waals surface area contributed by atoms with Crippen LogP contribution in [0.4, 0.5) is 5.82 Å². The van der Waals surface area contributed by atoms with Crippen molar-refractivity contribution in [3.63, 3.8) is 0 Å². The normalized spacial score (nSPS) is 12.3. The number of aromatic nitrogens is 1. The molecule has 0 unspecified atom stereocenters. The van der Waals surface area contributed by atoms with Crippen molar-refractivity contribution in [1.29, 1.82) is 10.5 Å². The molecule has 0 atom stereocenters. The van der Waals surface area contributed by atoms with Gasteiger partial charge in [0.1, 0.15) is 36.2 Å². The summed E-state index contributed by atoms with van der Waals surface area (Å²) in [5.41, 5.74) is 7.27. The van der Waals surface area contributed by atoms with Crippen LogP contribution in [0.2, 0.25) is 0 Å². The van der Waals surface area contributed by atoms with Gasteiger partial charge in [-0.3, -0.25) is 0 Å². The minimum absolute atomic E-state index is 0.125. The number of ether oxygens (including phenoxy) is 2. The molecule has 0 aliphatic carbocycles. The third-order valence-corrected chi connectivity index (χ3v) is 5.11. The van der Waals surface area contributed by atoms with Crippen molar-refractivity contribution < 1.29 is 9.47 Å². The van der Waals surface area contributed by atoms with Crippen molar-refractivity contribution in [2.75, 3.05) is 18.9 Å². The van der Waals surface area contributed by atoms with Gasteiger partial charge in [-0.05, 0) is 23.8 Å². The first-order chi connectivity index (χ1) is 11.6. The van der Waals surface area contributed by atoms with E-state index < -0.39 is 0 Å². The monoisotopic (exact) mass is 402 g/mol. The van der Waals surface area contributed by atoms with E-state index in [0.717, 1.165) is 10.0 Å². The zero-order chi connectivity index (χ0) is 17.1. The maximum Gasteiger partial charge on any atom is 0.162 e. The fraction of sp³-hybridized carbons (Fsp3) is 0.188. The number of halogens is 1. The number of nitriles is 2. The summed E-state index contributed by atoms with van der Waals surface area (Å²) in [5, 5.41) is 18.7. The molecule has 1 aliphatic rings. The van der Waals surface area contributed by atoms with Crippen molar-refractivity contribution in [2.24, 2.45) is 0 Å². The average molecular weight is 403 g/mol. The quantitative estimate of drug-likeness (QED) is 0.785. The topological polar surface area (TPSA) is 105 Å². The molecule has 0 bridgehead atoms. The van der Waals surface area contributed by atoms with Crippen LogP contribution in [0.3, 0.4) is 0 Å². The Labute approximate surface area is 151 Å². The van der Waals surface area contributed by atoms with Crippen LogP contribution in [0, 0.1) is 22.7 Å². The molecule has 0 fully saturated rings. The van der Waals surface area contributed by atoms with Gasteiger partial charge in [0.25, 0.3) is 0 Å². The number of anilines is 1. The molecule has 8 heteroatoms. The minimum Gasteiger partial charge on any atom is -0.486 e. The van der Waals surface area contributed by atoms with E-state index in [2.05, 4.69) is 27.0 Å². The summed E-state index contributed by atoms with van der Waals surface area (Å²) in [6.07, 6.45) is 0. The molecule has 24 heavy (non-hydrogen) atoms. The number of benzene rings is 1. The molecule has 1 aliphatic heterocycles. The van der Waals surface area contributed by atoms with E-state index in [1.807, 2.05) is 18.2 Å². The summed E-state index contributed by atoms with van der Waals surface area (Å²) in [4.78, 5) is 4.17. The fourth-order valence-electron chi connectivity index (χ4n) is 2.15. The zero-order valence-electron chi connectivity index (χ0n) is 12.4. The number of pyridine rings is 1. The molecule has 0 amide bonds. The van der Waals surface area contributed by atoms with Gasteiger partial charge in [0.05, 0.1) is 11.1 Å². The number of hydrogen-bond donors (Lipinski definition) is 1. The highest BCUT2D eigenvalue weighted by Crippen LogP contribution is 2.38. The van der Waals surface area contributed by atoms with Crippen molar-refractivity contribution >= 4 is 33.5 Å². The highest BCUT2D eigenvalue weighted by molar-refractivity contribution is 9.10. The number of rotatable bonds is 3. The van der Waals surface area contributed by atoms with Gasteiger partial charge >= 0.3 is 0 Å². The standard InChI is InChI=1S/C16H11BrN4O2S/c17-12-5-14-13(22-1-2-23-14)4-11(12)8-24-16-10(7-19)3-9(6-18)15(20)21-16/h3-5H,1-2,8H2,(H2,20,21). The van der Waals surface area contributed by atoms with Crippen LogP contribution < -0.4 is 15.2 Å². The number of nitrogens with zero attached hydrogens (tertiary/aromatic N) is 3. The molecule has 2 heterocycles. The molecule has 0 spiro atoms. The number of thioether (sulfide) groups is 1. The van der Waals surface area contributed by atoms with Gasteiger partial charge in [-0.25, -0.2) is 4.98 Å². The fourth-order valence-corrected chi connectivity index (χ4v) is 3.75. The van der Waals surface area contributed by atoms with Gasteiger partial charge in [0.15, 0.2) is 11.5 Å². The summed E-state index contributed by atoms with van der Waals surface area (Å²) in [6.45, 7) is 1.06. The first kappa shape index (κ1) is 16.4. The minimum atomic E-state index is 0.125. The van der Waals surface area contributed by atoms with Crippen molar-refractivity contribution in [3.05, 3.63) is 39.4 Å². The first-order valence-corrected chi connectivity index (χ1v) is 8.71. The van der Waals surface area contributed by atoms with Gasteiger partial charge in [-0.15, -0.1) is 11.8 Å². The van der Waals surface area contributed by atoms with Crippen LogP contribution in [0.25, 0.3) is 0 Å². The van der Waals surface area contributed by atoms with E-state index in [1.165, 1.54) is 17.8 Å². The lowest BCUT2D eigenvalue weighted by molar-refractivity contribution is 0.171. The molecule has 1 aromatic carbocycles. The van der Waals surface area contributed by atoms with Gasteiger partial charge in [-0.2, -0.15) is 10.5 Å². The maximum absolute atomic E-state index is 9.24. The van der Waals surface area contributed by atoms with E-state index in [1.54, 1.807) is 0 Å². The number of nitrogen functional groups attached to an aromatic ring is 1. The average Bonchev–Trinajstić information content (AvgIpc) is 2.60. The molecule has 0 saturated carbocycles. The lowest BCUT2D eigenvalue weighted by Crippen LogP contribution is -2.15. The molecule has 120 valence electrons. The van der Waals surface area contributed by atoms with Gasteiger partial charge in [0, 0.05) is 10.2 Å². The third kappa shape index (κ3) is 3.25. The first-order valence-electron chi connectivity index (χ1n) is 6.94. The Morgan fingerprint density at radius 2 is 1.79 bits per heavy atom. The predicted octanol–water partition coefficient (Wildman–Crippen LogP) is 3.23. The molecule has 1 aromatic heterocycles. The van der Waals surface area contributed by atoms with Crippen LogP contribution >= 0.6 is 27.7 Å². The summed E-state index contributed by atoms with van der Waals surface area (Å²) in [6, 6.07) is 9.22. The Bertz CT molecular complexity index is 889. The molecule has 6 nitrogen and oxygen atoms in total. The Balaban J connectivity index is 1.85. The molecule has 2 N–H and O–H groups in total. The summed E-state index contributed by atoms with van der Waals surface area (Å²) in [5.74, 6) is 2.10. The lowest BCUT2D eigenvalue weighted by Gasteiger charge is -2.19. The van der Waals surface area contributed by atoms with E-state index in [4.69, 9.17) is 20.5 Å². The van der Waals surface area contributed by atoms with Crippen LogP contribution in [-0.2, 0) is 5.75 Å². The smallest absolute Gasteiger partial charge is 0.162 e. The third-order valence-electron chi connectivity index (χ3n) is 3.33. The molecule has 0 saturated heterocycles. The second kappa shape index (κ2) is 7.00. The van der Waals surface area contributed by atoms with Crippen molar-refractivity contribution in [3.8, 4) is 23.6 Å².